The van der Waals surface area contributed by atoms with E-state index in [9.17, 15) is 14.4 Å². The van der Waals surface area contributed by atoms with Gasteiger partial charge in [-0.2, -0.15) is 0 Å². The van der Waals surface area contributed by atoms with Gasteiger partial charge in [0.1, 0.15) is 0 Å². The van der Waals surface area contributed by atoms with Gasteiger partial charge in [-0.25, -0.2) is 4.79 Å². The summed E-state index contributed by atoms with van der Waals surface area (Å²) in [5.74, 6) is -1.11. The molecule has 7 nitrogen and oxygen atoms in total. The molecule has 0 aromatic rings. The summed E-state index contributed by atoms with van der Waals surface area (Å²) >= 11 is 0. The number of rotatable bonds is 3. The highest BCUT2D eigenvalue weighted by molar-refractivity contribution is 6.01. The molecule has 1 rings (SSSR count). The summed E-state index contributed by atoms with van der Waals surface area (Å²) in [5, 5.41) is 0.394. The maximum Gasteiger partial charge on any atom is 0.535 e. The van der Waals surface area contributed by atoms with Crippen molar-refractivity contribution in [2.24, 2.45) is 4.99 Å². The molecule has 0 unspecified atom stereocenters. The molecule has 2 amide bonds. The van der Waals surface area contributed by atoms with Gasteiger partial charge in [-0.05, 0) is 6.72 Å². The van der Waals surface area contributed by atoms with Crippen LogP contribution >= 0.6 is 0 Å². The van der Waals surface area contributed by atoms with Crippen molar-refractivity contribution >= 4 is 24.7 Å². The van der Waals surface area contributed by atoms with Gasteiger partial charge in [0.25, 0.3) is 11.8 Å². The van der Waals surface area contributed by atoms with Gasteiger partial charge >= 0.3 is 6.16 Å². The standard InChI is InChI=1S/C7H8N2O5/c1-8-4-13-7(12)14-9-5(10)2-3-6(9)11/h1-4H2. The molecule has 0 bridgehead atoms. The van der Waals surface area contributed by atoms with Crippen molar-refractivity contribution in [1.82, 2.24) is 5.06 Å². The smallest absolute Gasteiger partial charge is 0.409 e. The predicted octanol–water partition coefficient (Wildman–Crippen LogP) is -0.138. The Bertz CT molecular complexity index is 272. The lowest BCUT2D eigenvalue weighted by Gasteiger charge is -2.11. The highest BCUT2D eigenvalue weighted by atomic mass is 16.8. The molecule has 1 aliphatic heterocycles. The van der Waals surface area contributed by atoms with E-state index in [2.05, 4.69) is 21.3 Å². The van der Waals surface area contributed by atoms with E-state index in [1.807, 2.05) is 0 Å². The molecular weight excluding hydrogens is 192 g/mol. The van der Waals surface area contributed by atoms with Crippen LogP contribution in [0.1, 0.15) is 12.8 Å². The minimum atomic E-state index is -1.15. The monoisotopic (exact) mass is 200 g/mol. The number of carbonyl (C=O) groups excluding carboxylic acids is 3. The predicted molar refractivity (Wildman–Crippen MR) is 43.1 cm³/mol. The maximum absolute atomic E-state index is 10.9. The Hall–Kier alpha value is -1.92. The van der Waals surface area contributed by atoms with Gasteiger partial charge < -0.3 is 4.74 Å². The van der Waals surface area contributed by atoms with Gasteiger partial charge in [-0.1, -0.05) is 5.06 Å². The topological polar surface area (TPSA) is 85.3 Å². The highest BCUT2D eigenvalue weighted by Gasteiger charge is 2.33. The van der Waals surface area contributed by atoms with E-state index in [4.69, 9.17) is 0 Å². The average molecular weight is 200 g/mol. The second-order valence-corrected chi connectivity index (χ2v) is 2.42. The third-order valence-corrected chi connectivity index (χ3v) is 1.45. The molecule has 7 heteroatoms. The molecule has 1 saturated heterocycles. The molecule has 1 fully saturated rings. The van der Waals surface area contributed by atoms with E-state index in [1.54, 1.807) is 0 Å². The first-order chi connectivity index (χ1) is 6.65. The number of hydrogen-bond donors (Lipinski definition) is 0. The first-order valence-electron chi connectivity index (χ1n) is 3.78. The van der Waals surface area contributed by atoms with Crippen molar-refractivity contribution in [3.05, 3.63) is 0 Å². The van der Waals surface area contributed by atoms with Crippen LogP contribution in [0.15, 0.2) is 4.99 Å². The summed E-state index contributed by atoms with van der Waals surface area (Å²) < 4.78 is 4.31. The van der Waals surface area contributed by atoms with Crippen molar-refractivity contribution in [1.29, 1.82) is 0 Å². The Morgan fingerprint density at radius 2 is 2.00 bits per heavy atom. The quantitative estimate of drug-likeness (QED) is 0.359. The van der Waals surface area contributed by atoms with Crippen LogP contribution in [0.4, 0.5) is 4.79 Å². The van der Waals surface area contributed by atoms with E-state index in [1.165, 1.54) is 0 Å². The van der Waals surface area contributed by atoms with Crippen LogP contribution in [0, 0.1) is 0 Å². The number of aliphatic imine (C=N–C) groups is 1. The molecule has 0 spiro atoms. The number of hydroxylamine groups is 2. The van der Waals surface area contributed by atoms with Crippen LogP contribution in [-0.4, -0.2) is 36.5 Å². The van der Waals surface area contributed by atoms with E-state index in [0.717, 1.165) is 0 Å². The Balaban J connectivity index is 2.42. The van der Waals surface area contributed by atoms with Gasteiger partial charge in [-0.3, -0.25) is 19.4 Å². The summed E-state index contributed by atoms with van der Waals surface area (Å²) in [6, 6.07) is 0. The number of amides is 2. The molecule has 14 heavy (non-hydrogen) atoms. The number of ether oxygens (including phenoxy) is 1. The fourth-order valence-corrected chi connectivity index (χ4v) is 0.857. The number of nitrogens with zero attached hydrogens (tertiary/aromatic N) is 2. The molecule has 0 aromatic carbocycles. The lowest BCUT2D eigenvalue weighted by molar-refractivity contribution is -0.177. The zero-order chi connectivity index (χ0) is 10.6. The molecule has 0 saturated carbocycles. The summed E-state index contributed by atoms with van der Waals surface area (Å²) in [5.41, 5.74) is 0. The fourth-order valence-electron chi connectivity index (χ4n) is 0.857. The average Bonchev–Trinajstić information content (AvgIpc) is 2.46. The van der Waals surface area contributed by atoms with Gasteiger partial charge in [-0.15, -0.1) is 0 Å². The van der Waals surface area contributed by atoms with E-state index >= 15 is 0 Å². The fraction of sp³-hybridized carbons (Fsp3) is 0.429. The largest absolute Gasteiger partial charge is 0.535 e. The molecule has 1 aliphatic rings. The lowest BCUT2D eigenvalue weighted by atomic mass is 10.4. The minimum Gasteiger partial charge on any atom is -0.409 e. The van der Waals surface area contributed by atoms with E-state index < -0.39 is 18.0 Å². The lowest BCUT2D eigenvalue weighted by Crippen LogP contribution is -2.32. The zero-order valence-corrected chi connectivity index (χ0v) is 7.26. The molecule has 0 aromatic heterocycles. The van der Waals surface area contributed by atoms with Crippen LogP contribution in [0.3, 0.4) is 0 Å². The van der Waals surface area contributed by atoms with Crippen molar-refractivity contribution in [3.8, 4) is 0 Å². The van der Waals surface area contributed by atoms with Crippen molar-refractivity contribution in [2.75, 3.05) is 6.73 Å². The molecule has 0 radical (unpaired) electrons. The Morgan fingerprint density at radius 3 is 2.50 bits per heavy atom. The third-order valence-electron chi connectivity index (χ3n) is 1.45. The van der Waals surface area contributed by atoms with Crippen LogP contribution in [-0.2, 0) is 19.2 Å². The number of imide groups is 1. The van der Waals surface area contributed by atoms with Crippen LogP contribution in [0.25, 0.3) is 0 Å². The van der Waals surface area contributed by atoms with Crippen LogP contribution < -0.4 is 0 Å². The van der Waals surface area contributed by atoms with E-state index in [-0.39, 0.29) is 19.6 Å². The Kier molecular flexibility index (Phi) is 3.16. The molecule has 76 valence electrons. The highest BCUT2D eigenvalue weighted by Crippen LogP contribution is 2.12. The number of hydrogen-bond acceptors (Lipinski definition) is 6. The Morgan fingerprint density at radius 1 is 1.43 bits per heavy atom. The summed E-state index contributed by atoms with van der Waals surface area (Å²) in [4.78, 5) is 40.2. The first-order valence-corrected chi connectivity index (χ1v) is 3.78. The van der Waals surface area contributed by atoms with Gasteiger partial charge in [0.05, 0.1) is 0 Å². The van der Waals surface area contributed by atoms with Gasteiger partial charge in [0.15, 0.2) is 6.73 Å². The van der Waals surface area contributed by atoms with Crippen LogP contribution in [0.2, 0.25) is 0 Å². The minimum absolute atomic E-state index is 0.0474. The molecule has 0 aliphatic carbocycles. The molecule has 0 atom stereocenters. The summed E-state index contributed by atoms with van der Waals surface area (Å²) in [7, 11) is 0. The second-order valence-electron chi connectivity index (χ2n) is 2.42. The zero-order valence-electron chi connectivity index (χ0n) is 7.26. The van der Waals surface area contributed by atoms with Crippen molar-refractivity contribution in [2.45, 2.75) is 12.8 Å². The van der Waals surface area contributed by atoms with Gasteiger partial charge in [0.2, 0.25) is 0 Å². The third kappa shape index (κ3) is 2.28. The SMILES string of the molecule is C=NCOC(=O)ON1C(=O)CCC1=O. The van der Waals surface area contributed by atoms with E-state index in [0.29, 0.717) is 5.06 Å². The van der Waals surface area contributed by atoms with Crippen molar-refractivity contribution in [3.63, 3.8) is 0 Å². The molecule has 0 N–H and O–H groups in total. The van der Waals surface area contributed by atoms with Crippen LogP contribution in [0.5, 0.6) is 0 Å². The first kappa shape index (κ1) is 10.2. The molecule has 1 heterocycles. The number of carbonyl (C=O) groups is 3. The van der Waals surface area contributed by atoms with Gasteiger partial charge in [0, 0.05) is 12.8 Å². The summed E-state index contributed by atoms with van der Waals surface area (Å²) in [6.45, 7) is 2.78. The maximum atomic E-state index is 10.9. The Labute approximate surface area is 79.2 Å². The normalized spacial score (nSPS) is 15.6. The second kappa shape index (κ2) is 4.35. The molecular formula is C7H8N2O5. The summed E-state index contributed by atoms with van der Waals surface area (Å²) in [6.07, 6.45) is -1.06. The van der Waals surface area contributed by atoms with Crippen molar-refractivity contribution < 1.29 is 24.0 Å².